The number of unbranched alkanes of at least 4 members (excludes halogenated alkanes) is 11. The summed E-state index contributed by atoms with van der Waals surface area (Å²) in [6.07, 6.45) is 19.0. The number of nitrogens with one attached hydrogen (secondary N) is 1. The monoisotopic (exact) mass is 659 g/mol. The second-order valence-corrected chi connectivity index (χ2v) is 13.0. The Morgan fingerprint density at radius 2 is 1.49 bits per heavy atom. The average Bonchev–Trinajstić information content (AvgIpc) is 3.41. The van der Waals surface area contributed by atoms with Gasteiger partial charge in [0.25, 0.3) is 5.56 Å². The van der Waals surface area contributed by atoms with Crippen molar-refractivity contribution in [2.75, 3.05) is 38.8 Å². The van der Waals surface area contributed by atoms with Crippen LogP contribution in [0.1, 0.15) is 117 Å². The molecule has 2 heterocycles. The topological polar surface area (TPSA) is 173 Å². The highest BCUT2D eigenvalue weighted by Crippen LogP contribution is 2.43. The molecule has 0 aromatic carbocycles. The van der Waals surface area contributed by atoms with Gasteiger partial charge in [0.2, 0.25) is 5.95 Å². The summed E-state index contributed by atoms with van der Waals surface area (Å²) < 4.78 is 41.6. The molecule has 0 saturated carbocycles. The summed E-state index contributed by atoms with van der Waals surface area (Å²) >= 11 is 0. The van der Waals surface area contributed by atoms with Crippen LogP contribution >= 0.6 is 7.82 Å². The van der Waals surface area contributed by atoms with E-state index in [9.17, 15) is 14.3 Å². The molecule has 0 aliphatic heterocycles. The lowest BCUT2D eigenvalue weighted by atomic mass is 10.0. The molecule has 0 radical (unpaired) electrons. The minimum absolute atomic E-state index is 0.00440. The molecule has 4 N–H and O–H groups in total. The van der Waals surface area contributed by atoms with Crippen molar-refractivity contribution in [2.24, 2.45) is 0 Å². The lowest BCUT2D eigenvalue weighted by Gasteiger charge is -2.25. The van der Waals surface area contributed by atoms with Gasteiger partial charge >= 0.3 is 7.82 Å². The molecule has 0 fully saturated rings. The second kappa shape index (κ2) is 23.5. The molecule has 3 unspecified atom stereocenters. The van der Waals surface area contributed by atoms with Crippen LogP contribution in [0.2, 0.25) is 0 Å². The largest absolute Gasteiger partial charge is 0.472 e. The van der Waals surface area contributed by atoms with Crippen molar-refractivity contribution in [3.63, 3.8) is 0 Å². The smallest absolute Gasteiger partial charge is 0.376 e. The van der Waals surface area contributed by atoms with Gasteiger partial charge in [-0.15, -0.1) is 0 Å². The highest BCUT2D eigenvalue weighted by atomic mass is 31.2. The van der Waals surface area contributed by atoms with Gasteiger partial charge in [-0.25, -0.2) is 9.55 Å². The van der Waals surface area contributed by atoms with Gasteiger partial charge in [-0.2, -0.15) is 4.98 Å². The molecular weight excluding hydrogens is 601 g/mol. The summed E-state index contributed by atoms with van der Waals surface area (Å²) in [6.45, 7) is 7.51. The first-order valence-corrected chi connectivity index (χ1v) is 18.4. The molecule has 0 aliphatic carbocycles. The fourth-order valence-electron chi connectivity index (χ4n) is 4.97. The van der Waals surface area contributed by atoms with Crippen molar-refractivity contribution >= 4 is 24.9 Å². The van der Waals surface area contributed by atoms with E-state index in [4.69, 9.17) is 29.0 Å². The number of nitrogen functional groups attached to an aromatic ring is 1. The maximum Gasteiger partial charge on any atom is 0.472 e. The molecule has 13 nitrogen and oxygen atoms in total. The quantitative estimate of drug-likeness (QED) is 0.0643. The molecule has 2 rings (SSSR count). The minimum Gasteiger partial charge on any atom is -0.376 e. The third-order valence-electron chi connectivity index (χ3n) is 7.58. The lowest BCUT2D eigenvalue weighted by molar-refractivity contribution is -0.0718. The molecule has 0 saturated heterocycles. The summed E-state index contributed by atoms with van der Waals surface area (Å²) in [5.74, 6) is -0.0316. The fourth-order valence-corrected chi connectivity index (χ4v) is 5.71. The van der Waals surface area contributed by atoms with Crippen LogP contribution in [0.3, 0.4) is 0 Å². The SMILES string of the molecule is CCCCCCCCCCOC(CCCCCCC)C(C)OCCCOP(=O)(O)OCCOCn1cnc2c(=O)[nH]c(N)nc21. The van der Waals surface area contributed by atoms with E-state index in [1.54, 1.807) is 0 Å². The van der Waals surface area contributed by atoms with Crippen LogP contribution in [0.15, 0.2) is 11.1 Å². The Morgan fingerprint density at radius 1 is 0.867 bits per heavy atom. The maximum atomic E-state index is 12.2. The zero-order chi connectivity index (χ0) is 32.8. The molecular formula is C31H58N5O8P. The van der Waals surface area contributed by atoms with Crippen LogP contribution in [0.4, 0.5) is 5.95 Å². The Bertz CT molecular complexity index is 1150. The van der Waals surface area contributed by atoms with E-state index in [1.165, 1.54) is 81.5 Å². The molecule has 2 aromatic rings. The number of nitrogens with two attached hydrogens (primary N) is 1. The zero-order valence-corrected chi connectivity index (χ0v) is 28.6. The van der Waals surface area contributed by atoms with E-state index in [-0.39, 0.29) is 55.9 Å². The Morgan fingerprint density at radius 3 is 2.20 bits per heavy atom. The number of H-pyrrole nitrogens is 1. The third-order valence-corrected chi connectivity index (χ3v) is 8.59. The maximum absolute atomic E-state index is 12.2. The number of nitrogens with zero attached hydrogens (tertiary/aromatic N) is 3. The van der Waals surface area contributed by atoms with Crippen molar-refractivity contribution < 1.29 is 32.7 Å². The van der Waals surface area contributed by atoms with Crippen LogP contribution in [0.25, 0.3) is 11.2 Å². The molecule has 0 spiro atoms. The number of anilines is 1. The first-order chi connectivity index (χ1) is 21.8. The van der Waals surface area contributed by atoms with Gasteiger partial charge in [-0.05, 0) is 26.2 Å². The van der Waals surface area contributed by atoms with Gasteiger partial charge in [0.1, 0.15) is 6.73 Å². The fraction of sp³-hybridized carbons (Fsp3) is 0.839. The van der Waals surface area contributed by atoms with Crippen molar-refractivity contribution in [1.29, 1.82) is 0 Å². The van der Waals surface area contributed by atoms with Gasteiger partial charge in [0, 0.05) is 13.2 Å². The minimum atomic E-state index is -4.24. The predicted molar refractivity (Wildman–Crippen MR) is 176 cm³/mol. The van der Waals surface area contributed by atoms with Crippen molar-refractivity contribution in [1.82, 2.24) is 19.5 Å². The highest BCUT2D eigenvalue weighted by Gasteiger charge is 2.22. The molecule has 2 aromatic heterocycles. The zero-order valence-electron chi connectivity index (χ0n) is 27.8. The molecule has 260 valence electrons. The first-order valence-electron chi connectivity index (χ1n) is 16.9. The normalized spacial score (nSPS) is 14.6. The summed E-state index contributed by atoms with van der Waals surface area (Å²) in [7, 11) is -4.24. The van der Waals surface area contributed by atoms with E-state index in [2.05, 4.69) is 28.8 Å². The molecule has 45 heavy (non-hydrogen) atoms. The molecule has 3 atom stereocenters. The number of ether oxygens (including phenoxy) is 3. The van der Waals surface area contributed by atoms with Crippen molar-refractivity contribution in [3.05, 3.63) is 16.7 Å². The highest BCUT2D eigenvalue weighted by molar-refractivity contribution is 7.47. The van der Waals surface area contributed by atoms with E-state index in [0.717, 1.165) is 25.9 Å². The van der Waals surface area contributed by atoms with E-state index in [1.807, 2.05) is 6.92 Å². The van der Waals surface area contributed by atoms with E-state index >= 15 is 0 Å². The third kappa shape index (κ3) is 17.0. The van der Waals surface area contributed by atoms with Crippen LogP contribution in [-0.2, 0) is 34.6 Å². The van der Waals surface area contributed by atoms with Crippen LogP contribution in [0.5, 0.6) is 0 Å². The first kappa shape index (κ1) is 39.3. The Kier molecular flexibility index (Phi) is 20.5. The summed E-state index contributed by atoms with van der Waals surface area (Å²) in [6, 6.07) is 0. The molecule has 0 aliphatic rings. The van der Waals surface area contributed by atoms with Crippen LogP contribution in [0, 0.1) is 0 Å². The van der Waals surface area contributed by atoms with E-state index in [0.29, 0.717) is 13.0 Å². The number of fused-ring (bicyclic) bond motifs is 1. The van der Waals surface area contributed by atoms with Gasteiger partial charge in [0.15, 0.2) is 11.2 Å². The average molecular weight is 660 g/mol. The van der Waals surface area contributed by atoms with Gasteiger partial charge < -0.3 is 24.8 Å². The van der Waals surface area contributed by atoms with Crippen LogP contribution < -0.4 is 11.3 Å². The van der Waals surface area contributed by atoms with Gasteiger partial charge in [0.05, 0.1) is 38.4 Å². The Hall–Kier alpha value is -1.86. The Labute approximate surface area is 268 Å². The van der Waals surface area contributed by atoms with E-state index < -0.39 is 13.4 Å². The number of aromatic amines is 1. The molecule has 0 bridgehead atoms. The summed E-state index contributed by atoms with van der Waals surface area (Å²) in [4.78, 5) is 32.3. The van der Waals surface area contributed by atoms with Crippen molar-refractivity contribution in [2.45, 2.75) is 136 Å². The molecule has 0 amide bonds. The van der Waals surface area contributed by atoms with Crippen LogP contribution in [-0.4, -0.2) is 69.7 Å². The summed E-state index contributed by atoms with van der Waals surface area (Å²) in [5.41, 5.74) is 5.55. The lowest BCUT2D eigenvalue weighted by Crippen LogP contribution is -2.30. The van der Waals surface area contributed by atoms with Gasteiger partial charge in [-0.1, -0.05) is 90.9 Å². The molecule has 14 heteroatoms. The number of imidazole rings is 1. The van der Waals surface area contributed by atoms with Crippen molar-refractivity contribution in [3.8, 4) is 0 Å². The second-order valence-electron chi connectivity index (χ2n) is 11.5. The Balaban J connectivity index is 1.60. The number of hydrogen-bond acceptors (Lipinski definition) is 10. The summed E-state index contributed by atoms with van der Waals surface area (Å²) in [5, 5.41) is 0. The number of hydrogen-bond donors (Lipinski definition) is 3. The standard InChI is InChI=1S/C31H58N5O8P/c1-4-6-8-10-11-12-14-16-19-42-27(18-15-13-9-7-5-2)26(3)41-20-17-21-43-45(38,39)44-23-22-40-25-36-24-33-28-29(36)34-31(32)35-30(28)37/h24,26-27H,4-23,25H2,1-3H3,(H,38,39)(H3,32,34,35,37). The number of phosphoric acid groups is 1. The predicted octanol–water partition coefficient (Wildman–Crippen LogP) is 6.49. The number of aromatic nitrogens is 4. The number of phosphoric ester groups is 1. The number of rotatable bonds is 29. The van der Waals surface area contributed by atoms with Gasteiger partial charge in [-0.3, -0.25) is 23.4 Å².